The summed E-state index contributed by atoms with van der Waals surface area (Å²) >= 11 is 0. The van der Waals surface area contributed by atoms with Gasteiger partial charge in [0.1, 0.15) is 5.75 Å². The number of ether oxygens (including phenoxy) is 1. The van der Waals surface area contributed by atoms with Gasteiger partial charge in [0.2, 0.25) is 15.9 Å². The molecule has 2 aromatic rings. The number of rotatable bonds is 9. The quantitative estimate of drug-likeness (QED) is 0.509. The minimum atomic E-state index is -3.19. The highest BCUT2D eigenvalue weighted by Crippen LogP contribution is 2.36. The summed E-state index contributed by atoms with van der Waals surface area (Å²) < 4.78 is 31.5. The molecule has 0 radical (unpaired) electrons. The molecule has 30 heavy (non-hydrogen) atoms. The largest absolute Gasteiger partial charge is 0.494 e. The highest BCUT2D eigenvalue weighted by atomic mass is 32.2. The van der Waals surface area contributed by atoms with Gasteiger partial charge in [-0.2, -0.15) is 0 Å². The van der Waals surface area contributed by atoms with Gasteiger partial charge in [-0.15, -0.1) is 0 Å². The number of nitrogens with two attached hydrogens (primary N) is 2. The van der Waals surface area contributed by atoms with Gasteiger partial charge in [0.05, 0.1) is 23.4 Å². The summed E-state index contributed by atoms with van der Waals surface area (Å²) in [6.45, 7) is 2.88. The maximum Gasteiger partial charge on any atom is 0.250 e. The van der Waals surface area contributed by atoms with Crippen LogP contribution < -0.4 is 16.2 Å². The number of nitrogens with one attached hydrogen (secondary N) is 1. The number of aromatic nitrogens is 1. The number of piperidine rings is 1. The predicted octanol–water partition coefficient (Wildman–Crippen LogP) is 1.44. The number of carbonyl (C=O) groups excluding carboxylic acids is 2. The van der Waals surface area contributed by atoms with E-state index >= 15 is 0 Å². The van der Waals surface area contributed by atoms with E-state index in [1.807, 2.05) is 12.3 Å². The van der Waals surface area contributed by atoms with E-state index in [2.05, 4.69) is 4.98 Å². The van der Waals surface area contributed by atoms with E-state index in [0.717, 1.165) is 10.9 Å². The van der Waals surface area contributed by atoms with E-state index < -0.39 is 21.8 Å². The van der Waals surface area contributed by atoms with Crippen LogP contribution in [0.3, 0.4) is 0 Å². The summed E-state index contributed by atoms with van der Waals surface area (Å²) in [5.41, 5.74) is 12.7. The first-order valence-corrected chi connectivity index (χ1v) is 11.7. The van der Waals surface area contributed by atoms with E-state index in [0.29, 0.717) is 55.8 Å². The SMILES string of the molecule is CCS(=O)(=O)N1CCC(c2c[nH]c3c(C(N)=O)cc(OCCCC(N)=O)cc23)CC1. The zero-order valence-corrected chi connectivity index (χ0v) is 17.8. The van der Waals surface area contributed by atoms with E-state index in [4.69, 9.17) is 16.2 Å². The van der Waals surface area contributed by atoms with Crippen molar-refractivity contribution in [2.75, 3.05) is 25.4 Å². The number of hydrogen-bond acceptors (Lipinski definition) is 5. The highest BCUT2D eigenvalue weighted by molar-refractivity contribution is 7.89. The Morgan fingerprint density at radius 1 is 1.23 bits per heavy atom. The molecule has 1 aliphatic heterocycles. The van der Waals surface area contributed by atoms with Crippen molar-refractivity contribution in [2.45, 2.75) is 38.5 Å². The molecule has 9 nitrogen and oxygen atoms in total. The summed E-state index contributed by atoms with van der Waals surface area (Å²) in [5, 5.41) is 0.841. The number of fused-ring (bicyclic) bond motifs is 1. The standard InChI is InChI=1S/C20H28N4O5S/c1-2-30(27,28)24-7-5-13(6-8-24)17-12-23-19-15(17)10-14(11-16(19)20(22)26)29-9-3-4-18(21)25/h10-13,23H,2-9H2,1H3,(H2,21,25)(H2,22,26). The van der Waals surface area contributed by atoms with Crippen molar-refractivity contribution in [2.24, 2.45) is 11.5 Å². The number of hydrogen-bond donors (Lipinski definition) is 3. The number of nitrogens with zero attached hydrogens (tertiary/aromatic N) is 1. The molecule has 2 amide bonds. The van der Waals surface area contributed by atoms with Crippen molar-refractivity contribution in [1.82, 2.24) is 9.29 Å². The Kier molecular flexibility index (Phi) is 6.67. The molecule has 0 saturated carbocycles. The number of sulfonamides is 1. The van der Waals surface area contributed by atoms with Gasteiger partial charge < -0.3 is 21.2 Å². The van der Waals surface area contributed by atoms with Crippen LogP contribution >= 0.6 is 0 Å². The predicted molar refractivity (Wildman–Crippen MR) is 114 cm³/mol. The zero-order chi connectivity index (χ0) is 21.9. The van der Waals surface area contributed by atoms with Crippen molar-refractivity contribution < 1.29 is 22.7 Å². The molecule has 0 unspecified atom stereocenters. The van der Waals surface area contributed by atoms with Gasteiger partial charge in [0, 0.05) is 31.1 Å². The van der Waals surface area contributed by atoms with Gasteiger partial charge in [0.15, 0.2) is 0 Å². The zero-order valence-electron chi connectivity index (χ0n) is 17.0. The van der Waals surface area contributed by atoms with Crippen LogP contribution in [0.25, 0.3) is 10.9 Å². The van der Waals surface area contributed by atoms with Gasteiger partial charge in [0.25, 0.3) is 5.91 Å². The second-order valence-electron chi connectivity index (χ2n) is 7.49. The molecule has 5 N–H and O–H groups in total. The molecular weight excluding hydrogens is 408 g/mol. The topological polar surface area (TPSA) is 149 Å². The van der Waals surface area contributed by atoms with E-state index in [1.165, 1.54) is 0 Å². The van der Waals surface area contributed by atoms with Crippen molar-refractivity contribution in [1.29, 1.82) is 0 Å². The monoisotopic (exact) mass is 436 g/mol. The van der Waals surface area contributed by atoms with Gasteiger partial charge >= 0.3 is 0 Å². The summed E-state index contributed by atoms with van der Waals surface area (Å²) in [6.07, 6.45) is 3.95. The van der Waals surface area contributed by atoms with Gasteiger partial charge in [-0.05, 0) is 49.8 Å². The molecule has 1 saturated heterocycles. The fourth-order valence-corrected chi connectivity index (χ4v) is 5.04. The molecule has 164 valence electrons. The number of amides is 2. The number of H-pyrrole nitrogens is 1. The highest BCUT2D eigenvalue weighted by Gasteiger charge is 2.29. The maximum absolute atomic E-state index is 12.1. The molecule has 3 rings (SSSR count). The molecule has 2 heterocycles. The van der Waals surface area contributed by atoms with Crippen molar-refractivity contribution in [3.63, 3.8) is 0 Å². The van der Waals surface area contributed by atoms with Crippen LogP contribution in [0.4, 0.5) is 0 Å². The third kappa shape index (κ3) is 4.76. The normalized spacial score (nSPS) is 16.0. The Hall–Kier alpha value is -2.59. The lowest BCUT2D eigenvalue weighted by Gasteiger charge is -2.30. The van der Waals surface area contributed by atoms with Crippen LogP contribution in [-0.2, 0) is 14.8 Å². The molecule has 0 aliphatic carbocycles. The lowest BCUT2D eigenvalue weighted by Crippen LogP contribution is -2.38. The molecule has 1 aromatic heterocycles. The van der Waals surface area contributed by atoms with Crippen molar-refractivity contribution in [3.8, 4) is 5.75 Å². The molecular formula is C20H28N4O5S. The first-order valence-electron chi connectivity index (χ1n) is 10.1. The molecule has 0 atom stereocenters. The van der Waals surface area contributed by atoms with Gasteiger partial charge in [-0.1, -0.05) is 0 Å². The van der Waals surface area contributed by atoms with Gasteiger partial charge in [-0.25, -0.2) is 12.7 Å². The molecule has 1 aromatic carbocycles. The van der Waals surface area contributed by atoms with Gasteiger partial charge in [-0.3, -0.25) is 9.59 Å². The number of carbonyl (C=O) groups is 2. The van der Waals surface area contributed by atoms with Crippen LogP contribution in [0.2, 0.25) is 0 Å². The average Bonchev–Trinajstić information content (AvgIpc) is 3.14. The maximum atomic E-state index is 12.1. The number of aromatic amines is 1. The number of benzene rings is 1. The Labute approximate surface area is 175 Å². The third-order valence-electron chi connectivity index (χ3n) is 5.55. The average molecular weight is 437 g/mol. The minimum absolute atomic E-state index is 0.100. The fourth-order valence-electron chi connectivity index (χ4n) is 3.91. The van der Waals surface area contributed by atoms with Crippen LogP contribution in [0.15, 0.2) is 18.3 Å². The fraction of sp³-hybridized carbons (Fsp3) is 0.500. The third-order valence-corrected chi connectivity index (χ3v) is 7.43. The Morgan fingerprint density at radius 2 is 1.93 bits per heavy atom. The molecule has 1 aliphatic rings. The Bertz CT molecular complexity index is 1040. The first-order chi connectivity index (χ1) is 14.2. The van der Waals surface area contributed by atoms with E-state index in [1.54, 1.807) is 17.3 Å². The molecule has 10 heteroatoms. The molecule has 0 spiro atoms. The Morgan fingerprint density at radius 3 is 2.53 bits per heavy atom. The Balaban J connectivity index is 1.84. The van der Waals surface area contributed by atoms with E-state index in [-0.39, 0.29) is 18.1 Å². The van der Waals surface area contributed by atoms with Crippen molar-refractivity contribution >= 4 is 32.7 Å². The molecule has 1 fully saturated rings. The number of primary amides is 2. The second-order valence-corrected chi connectivity index (χ2v) is 9.75. The van der Waals surface area contributed by atoms with Crippen LogP contribution in [0.1, 0.15) is 54.4 Å². The lowest BCUT2D eigenvalue weighted by atomic mass is 9.89. The summed E-state index contributed by atoms with van der Waals surface area (Å²) in [6, 6.07) is 3.44. The summed E-state index contributed by atoms with van der Waals surface area (Å²) in [5.74, 6) is -0.208. The van der Waals surface area contributed by atoms with Crippen LogP contribution in [0, 0.1) is 0 Å². The molecule has 0 bridgehead atoms. The summed E-state index contributed by atoms with van der Waals surface area (Å²) in [7, 11) is -3.19. The minimum Gasteiger partial charge on any atom is -0.494 e. The van der Waals surface area contributed by atoms with Crippen LogP contribution in [-0.4, -0.2) is 55.0 Å². The van der Waals surface area contributed by atoms with Crippen molar-refractivity contribution in [3.05, 3.63) is 29.5 Å². The summed E-state index contributed by atoms with van der Waals surface area (Å²) in [4.78, 5) is 26.0. The lowest BCUT2D eigenvalue weighted by molar-refractivity contribution is -0.118. The first kappa shape index (κ1) is 22.1. The second kappa shape index (κ2) is 9.05. The van der Waals surface area contributed by atoms with Crippen LogP contribution in [0.5, 0.6) is 5.75 Å². The smallest absolute Gasteiger partial charge is 0.250 e. The van der Waals surface area contributed by atoms with E-state index in [9.17, 15) is 18.0 Å².